The number of aromatic nitrogens is 3. The molecule has 0 radical (unpaired) electrons. The molecule has 0 spiro atoms. The molecule has 0 aliphatic heterocycles. The van der Waals surface area contributed by atoms with Crippen LogP contribution in [0.4, 0.5) is 0 Å². The first kappa shape index (κ1) is 11.4. The Labute approximate surface area is 107 Å². The lowest BCUT2D eigenvalue weighted by Gasteiger charge is -2.00. The summed E-state index contributed by atoms with van der Waals surface area (Å²) in [4.78, 5) is 11.7. The van der Waals surface area contributed by atoms with Gasteiger partial charge in [0.05, 0.1) is 29.4 Å². The van der Waals surface area contributed by atoms with E-state index in [1.165, 1.54) is 13.0 Å². The van der Waals surface area contributed by atoms with E-state index in [4.69, 9.17) is 0 Å². The summed E-state index contributed by atoms with van der Waals surface area (Å²) in [5, 5.41) is 4.19. The fourth-order valence-corrected chi connectivity index (χ4v) is 1.81. The molecule has 4 nitrogen and oxygen atoms in total. The van der Waals surface area contributed by atoms with E-state index in [0.717, 1.165) is 11.4 Å². The average Bonchev–Trinajstić information content (AvgIpc) is 2.50. The van der Waals surface area contributed by atoms with Crippen LogP contribution in [0.2, 0.25) is 0 Å². The van der Waals surface area contributed by atoms with Crippen LogP contribution in [-0.4, -0.2) is 12.6 Å². The highest BCUT2D eigenvalue weighted by molar-refractivity contribution is 14.1. The predicted molar refractivity (Wildman–Crippen MR) is 70.9 cm³/mol. The number of aryl methyl sites for hydroxylation is 2. The maximum atomic E-state index is 11.7. The molecule has 5 heteroatoms. The molecule has 1 aromatic heterocycles. The van der Waals surface area contributed by atoms with Crippen LogP contribution in [-0.2, 0) is 6.54 Å². The van der Waals surface area contributed by atoms with Crippen molar-refractivity contribution in [2.24, 2.45) is 0 Å². The lowest BCUT2D eigenvalue weighted by molar-refractivity contribution is 0.654. The third-order valence-corrected chi connectivity index (χ3v) is 3.50. The highest BCUT2D eigenvalue weighted by atomic mass is 127. The smallest absolute Gasteiger partial charge is 0.245 e. The van der Waals surface area contributed by atoms with E-state index in [0.29, 0.717) is 6.54 Å². The summed E-state index contributed by atoms with van der Waals surface area (Å²) in [5.41, 5.74) is 2.22. The van der Waals surface area contributed by atoms with Gasteiger partial charge < -0.3 is 0 Å². The van der Waals surface area contributed by atoms with Gasteiger partial charge in [-0.25, -0.2) is 12.3 Å². The topological polar surface area (TPSA) is 39.8 Å². The Kier molecular flexibility index (Phi) is 3.13. The Morgan fingerprint density at radius 2 is 1.88 bits per heavy atom. The van der Waals surface area contributed by atoms with E-state index in [1.807, 2.05) is 61.0 Å². The van der Waals surface area contributed by atoms with Crippen LogP contribution in [0.15, 0.2) is 29.1 Å². The normalized spacial score (nSPS) is 10.7. The summed E-state index contributed by atoms with van der Waals surface area (Å²) in [7, 11) is 0. The van der Waals surface area contributed by atoms with Gasteiger partial charge >= 0.3 is 5.69 Å². The zero-order chi connectivity index (χ0) is 11.7. The lowest BCUT2D eigenvalue weighted by atomic mass is 10.1. The Morgan fingerprint density at radius 3 is 2.38 bits per heavy atom. The SMILES string of the molecule is Cc1ccc(Cn2nc(C)n(I)c2=O)cc1. The fourth-order valence-electron chi connectivity index (χ4n) is 1.47. The summed E-state index contributed by atoms with van der Waals surface area (Å²) >= 11 is 1.96. The molecule has 0 atom stereocenters. The fraction of sp³-hybridized carbons (Fsp3) is 0.273. The van der Waals surface area contributed by atoms with Crippen LogP contribution in [0.1, 0.15) is 17.0 Å². The monoisotopic (exact) mass is 329 g/mol. The number of nitrogens with zero attached hydrogens (tertiary/aromatic N) is 3. The van der Waals surface area contributed by atoms with Crippen molar-refractivity contribution in [2.75, 3.05) is 0 Å². The third-order valence-electron chi connectivity index (χ3n) is 2.39. The van der Waals surface area contributed by atoms with Crippen molar-refractivity contribution >= 4 is 22.9 Å². The van der Waals surface area contributed by atoms with Crippen molar-refractivity contribution in [1.82, 2.24) is 12.6 Å². The minimum absolute atomic E-state index is 0.0846. The lowest BCUT2D eigenvalue weighted by Crippen LogP contribution is -2.21. The molecule has 0 unspecified atom stereocenters. The third kappa shape index (κ3) is 2.18. The molecule has 0 aliphatic carbocycles. The number of rotatable bonds is 2. The van der Waals surface area contributed by atoms with E-state index in [2.05, 4.69) is 5.10 Å². The first-order valence-corrected chi connectivity index (χ1v) is 5.92. The van der Waals surface area contributed by atoms with Crippen LogP contribution in [0.3, 0.4) is 0 Å². The highest BCUT2D eigenvalue weighted by Gasteiger charge is 2.07. The molecule has 1 aromatic carbocycles. The number of halogens is 1. The van der Waals surface area contributed by atoms with Gasteiger partial charge in [-0.1, -0.05) is 29.8 Å². The molecule has 0 N–H and O–H groups in total. The second-order valence-corrected chi connectivity index (χ2v) is 4.72. The molecule has 1 heterocycles. The molecule has 2 rings (SSSR count). The van der Waals surface area contributed by atoms with E-state index in [9.17, 15) is 4.79 Å². The zero-order valence-corrected chi connectivity index (χ0v) is 11.3. The number of hydrogen-bond acceptors (Lipinski definition) is 2. The van der Waals surface area contributed by atoms with Crippen molar-refractivity contribution in [3.05, 3.63) is 51.7 Å². The quantitative estimate of drug-likeness (QED) is 0.790. The van der Waals surface area contributed by atoms with Crippen LogP contribution in [0, 0.1) is 13.8 Å². The summed E-state index contributed by atoms with van der Waals surface area (Å²) in [5.74, 6) is 0.720. The van der Waals surface area contributed by atoms with Gasteiger partial charge in [-0.3, -0.25) is 0 Å². The number of hydrogen-bond donors (Lipinski definition) is 0. The molecule has 84 valence electrons. The molecule has 0 aliphatic rings. The summed E-state index contributed by atoms with van der Waals surface area (Å²) in [6.45, 7) is 4.38. The van der Waals surface area contributed by atoms with Gasteiger partial charge in [-0.05, 0) is 19.4 Å². The standard InChI is InChI=1S/C11H12IN3O/c1-8-3-5-10(6-4-8)7-14-11(16)15(12)9(2)13-14/h3-6H,7H2,1-2H3. The van der Waals surface area contributed by atoms with Crippen LogP contribution in [0.5, 0.6) is 0 Å². The van der Waals surface area contributed by atoms with Gasteiger partial charge in [0.1, 0.15) is 5.82 Å². The van der Waals surface area contributed by atoms with E-state index < -0.39 is 0 Å². The maximum Gasteiger partial charge on any atom is 0.355 e. The van der Waals surface area contributed by atoms with Gasteiger partial charge in [-0.15, -0.1) is 0 Å². The van der Waals surface area contributed by atoms with Crippen LogP contribution >= 0.6 is 22.9 Å². The van der Waals surface area contributed by atoms with Gasteiger partial charge in [0, 0.05) is 0 Å². The van der Waals surface area contributed by atoms with Gasteiger partial charge in [-0.2, -0.15) is 5.10 Å². The van der Waals surface area contributed by atoms with Crippen LogP contribution in [0.25, 0.3) is 0 Å². The second-order valence-electron chi connectivity index (χ2n) is 3.75. The predicted octanol–water partition coefficient (Wildman–Crippen LogP) is 1.91. The summed E-state index contributed by atoms with van der Waals surface area (Å²) < 4.78 is 3.00. The zero-order valence-electron chi connectivity index (χ0n) is 9.14. The van der Waals surface area contributed by atoms with E-state index >= 15 is 0 Å². The molecule has 0 saturated carbocycles. The molecule has 0 bridgehead atoms. The van der Waals surface area contributed by atoms with Crippen molar-refractivity contribution in [3.8, 4) is 0 Å². The van der Waals surface area contributed by atoms with Crippen LogP contribution < -0.4 is 5.69 Å². The average molecular weight is 329 g/mol. The molecule has 0 fully saturated rings. The van der Waals surface area contributed by atoms with Crippen molar-refractivity contribution in [2.45, 2.75) is 20.4 Å². The van der Waals surface area contributed by atoms with E-state index in [-0.39, 0.29) is 5.69 Å². The largest absolute Gasteiger partial charge is 0.355 e. The van der Waals surface area contributed by atoms with E-state index in [1.54, 1.807) is 0 Å². The minimum atomic E-state index is -0.0846. The number of benzene rings is 1. The first-order chi connectivity index (χ1) is 7.58. The van der Waals surface area contributed by atoms with Crippen molar-refractivity contribution < 1.29 is 0 Å². The molecule has 2 aromatic rings. The Hall–Kier alpha value is -1.11. The maximum absolute atomic E-state index is 11.7. The molecule has 16 heavy (non-hydrogen) atoms. The molecular formula is C11H12IN3O. The molecular weight excluding hydrogens is 317 g/mol. The minimum Gasteiger partial charge on any atom is -0.245 e. The molecule has 0 amide bonds. The summed E-state index contributed by atoms with van der Waals surface area (Å²) in [6.07, 6.45) is 0. The second kappa shape index (κ2) is 4.40. The van der Waals surface area contributed by atoms with Crippen molar-refractivity contribution in [1.29, 1.82) is 0 Å². The van der Waals surface area contributed by atoms with Gasteiger partial charge in [0.25, 0.3) is 0 Å². The highest BCUT2D eigenvalue weighted by Crippen LogP contribution is 2.04. The van der Waals surface area contributed by atoms with Gasteiger partial charge in [0.15, 0.2) is 0 Å². The first-order valence-electron chi connectivity index (χ1n) is 4.96. The Morgan fingerprint density at radius 1 is 1.25 bits per heavy atom. The Bertz CT molecular complexity index is 554. The Balaban J connectivity index is 2.30. The van der Waals surface area contributed by atoms with Gasteiger partial charge in [0.2, 0.25) is 0 Å². The molecule has 0 saturated heterocycles. The summed E-state index contributed by atoms with van der Waals surface area (Å²) in [6, 6.07) is 8.11. The van der Waals surface area contributed by atoms with Crippen molar-refractivity contribution in [3.63, 3.8) is 0 Å².